The largest absolute Gasteiger partial charge is 0.416 e. The summed E-state index contributed by atoms with van der Waals surface area (Å²) in [6, 6.07) is 9.18. The first-order valence-corrected chi connectivity index (χ1v) is 5.91. The number of rotatable bonds is 3. The van der Waals surface area contributed by atoms with Crippen molar-refractivity contribution < 1.29 is 18.0 Å². The van der Waals surface area contributed by atoms with E-state index in [9.17, 15) is 18.0 Å². The van der Waals surface area contributed by atoms with Gasteiger partial charge in [-0.05, 0) is 30.3 Å². The number of para-hydroxylation sites is 1. The Bertz CT molecular complexity index is 683. The maximum absolute atomic E-state index is 12.6. The highest BCUT2D eigenvalue weighted by Gasteiger charge is 2.30. The Kier molecular flexibility index (Phi) is 3.75. The lowest BCUT2D eigenvalue weighted by atomic mass is 10.1. The number of amides is 1. The van der Waals surface area contributed by atoms with Crippen LogP contribution in [0.3, 0.4) is 0 Å². The molecule has 0 fully saturated rings. The first kappa shape index (κ1) is 14.7. The lowest BCUT2D eigenvalue weighted by Crippen LogP contribution is -2.14. The number of carbonyl (C=O) groups is 1. The number of hydrogen-bond donors (Lipinski definition) is 3. The quantitative estimate of drug-likeness (QED) is 0.761. The molecule has 0 unspecified atom stereocenters. The molecule has 0 atom stereocenters. The molecule has 1 amide bonds. The number of nitrogen functional groups attached to an aromatic ring is 1. The molecule has 0 aromatic heterocycles. The lowest BCUT2D eigenvalue weighted by Gasteiger charge is -2.13. The van der Waals surface area contributed by atoms with E-state index in [4.69, 9.17) is 11.5 Å². The Labute approximate surface area is 118 Å². The van der Waals surface area contributed by atoms with Gasteiger partial charge in [-0.1, -0.05) is 12.1 Å². The zero-order valence-electron chi connectivity index (χ0n) is 10.7. The fourth-order valence-electron chi connectivity index (χ4n) is 1.82. The van der Waals surface area contributed by atoms with Gasteiger partial charge in [-0.2, -0.15) is 13.2 Å². The summed E-state index contributed by atoms with van der Waals surface area (Å²) >= 11 is 0. The minimum Gasteiger partial charge on any atom is -0.396 e. The van der Waals surface area contributed by atoms with Crippen LogP contribution in [0.4, 0.5) is 30.2 Å². The van der Waals surface area contributed by atoms with Crippen LogP contribution in [-0.2, 0) is 6.18 Å². The van der Waals surface area contributed by atoms with Crippen molar-refractivity contribution in [3.8, 4) is 0 Å². The van der Waals surface area contributed by atoms with Gasteiger partial charge in [-0.3, -0.25) is 4.79 Å². The zero-order chi connectivity index (χ0) is 15.6. The number of alkyl halides is 3. The molecule has 0 bridgehead atoms. The van der Waals surface area contributed by atoms with E-state index in [-0.39, 0.29) is 16.9 Å². The van der Waals surface area contributed by atoms with E-state index in [1.807, 2.05) is 0 Å². The summed E-state index contributed by atoms with van der Waals surface area (Å²) in [6.45, 7) is 0. The smallest absolute Gasteiger partial charge is 0.396 e. The van der Waals surface area contributed by atoms with E-state index in [2.05, 4.69) is 5.32 Å². The third-order valence-corrected chi connectivity index (χ3v) is 2.84. The maximum Gasteiger partial charge on any atom is 0.416 e. The number of nitrogens with one attached hydrogen (secondary N) is 1. The number of carbonyl (C=O) groups excluding carboxylic acids is 1. The van der Waals surface area contributed by atoms with Gasteiger partial charge in [0.2, 0.25) is 0 Å². The minimum absolute atomic E-state index is 0.0856. The molecule has 0 spiro atoms. The van der Waals surface area contributed by atoms with E-state index in [1.165, 1.54) is 24.3 Å². The van der Waals surface area contributed by atoms with Crippen LogP contribution in [0.2, 0.25) is 0 Å². The molecule has 21 heavy (non-hydrogen) atoms. The van der Waals surface area contributed by atoms with Gasteiger partial charge in [0, 0.05) is 5.69 Å². The molecule has 0 aliphatic carbocycles. The van der Waals surface area contributed by atoms with E-state index in [0.717, 1.165) is 12.1 Å². The van der Waals surface area contributed by atoms with Gasteiger partial charge < -0.3 is 16.8 Å². The molecule has 7 heteroatoms. The van der Waals surface area contributed by atoms with Crippen molar-refractivity contribution in [1.29, 1.82) is 0 Å². The third-order valence-electron chi connectivity index (χ3n) is 2.84. The second-order valence-corrected chi connectivity index (χ2v) is 4.33. The molecule has 0 radical (unpaired) electrons. The van der Waals surface area contributed by atoms with Gasteiger partial charge in [-0.15, -0.1) is 0 Å². The number of hydrogen-bond acceptors (Lipinski definition) is 3. The summed E-state index contributed by atoms with van der Waals surface area (Å²) in [5.74, 6) is -0.708. The second kappa shape index (κ2) is 5.35. The highest BCUT2D eigenvalue weighted by Crippen LogP contribution is 2.32. The van der Waals surface area contributed by atoms with Gasteiger partial charge in [0.1, 0.15) is 0 Å². The highest BCUT2D eigenvalue weighted by atomic mass is 19.4. The molecule has 0 aliphatic heterocycles. The maximum atomic E-state index is 12.6. The molecule has 0 saturated heterocycles. The number of anilines is 3. The fraction of sp³-hybridized carbons (Fsp3) is 0.0714. The standard InChI is InChI=1S/C14H12F3N3O/c15-14(16,17)8-3-1-4-9(7-8)20-11-6-2-5-10(12(11)18)13(19)21/h1-7,20H,18H2,(H2,19,21). The molecule has 4 nitrogen and oxygen atoms in total. The average Bonchev–Trinajstić information content (AvgIpc) is 2.40. The van der Waals surface area contributed by atoms with E-state index >= 15 is 0 Å². The van der Waals surface area contributed by atoms with Crippen LogP contribution in [0.25, 0.3) is 0 Å². The molecule has 0 aliphatic rings. The molecule has 5 N–H and O–H groups in total. The van der Waals surface area contributed by atoms with Crippen molar-refractivity contribution in [2.45, 2.75) is 6.18 Å². The van der Waals surface area contributed by atoms with E-state index in [0.29, 0.717) is 5.69 Å². The van der Waals surface area contributed by atoms with Crippen molar-refractivity contribution >= 4 is 23.0 Å². The van der Waals surface area contributed by atoms with Crippen LogP contribution < -0.4 is 16.8 Å². The zero-order valence-corrected chi connectivity index (χ0v) is 10.7. The summed E-state index contributed by atoms with van der Waals surface area (Å²) < 4.78 is 37.9. The van der Waals surface area contributed by atoms with Crippen LogP contribution in [0.1, 0.15) is 15.9 Å². The van der Waals surface area contributed by atoms with Crippen LogP contribution in [-0.4, -0.2) is 5.91 Å². The van der Waals surface area contributed by atoms with Gasteiger partial charge in [0.25, 0.3) is 5.91 Å². The molecule has 2 rings (SSSR count). The summed E-state index contributed by atoms with van der Waals surface area (Å²) in [5.41, 5.74) is 10.9. The normalized spacial score (nSPS) is 11.2. The van der Waals surface area contributed by atoms with Gasteiger partial charge >= 0.3 is 6.18 Å². The van der Waals surface area contributed by atoms with Crippen molar-refractivity contribution in [1.82, 2.24) is 0 Å². The molecule has 0 saturated carbocycles. The summed E-state index contributed by atoms with van der Waals surface area (Å²) in [5, 5.41) is 2.75. The third kappa shape index (κ3) is 3.25. The van der Waals surface area contributed by atoms with Gasteiger partial charge in [0.05, 0.1) is 22.5 Å². The Morgan fingerprint density at radius 2 is 1.76 bits per heavy atom. The Morgan fingerprint density at radius 3 is 2.38 bits per heavy atom. The summed E-state index contributed by atoms with van der Waals surface area (Å²) in [6.07, 6.45) is -4.43. The predicted octanol–water partition coefficient (Wildman–Crippen LogP) is 3.13. The minimum atomic E-state index is -4.43. The highest BCUT2D eigenvalue weighted by molar-refractivity contribution is 6.01. The number of primary amides is 1. The van der Waals surface area contributed by atoms with E-state index in [1.54, 1.807) is 6.07 Å². The second-order valence-electron chi connectivity index (χ2n) is 4.33. The van der Waals surface area contributed by atoms with E-state index < -0.39 is 17.6 Å². The Morgan fingerprint density at radius 1 is 1.10 bits per heavy atom. The average molecular weight is 295 g/mol. The van der Waals surface area contributed by atoms with Crippen LogP contribution in [0.15, 0.2) is 42.5 Å². The molecule has 2 aromatic carbocycles. The number of halogens is 3. The predicted molar refractivity (Wildman–Crippen MR) is 74.1 cm³/mol. The van der Waals surface area contributed by atoms with Crippen molar-refractivity contribution in [3.63, 3.8) is 0 Å². The SMILES string of the molecule is NC(=O)c1cccc(Nc2cccc(C(F)(F)F)c2)c1N. The molecular weight excluding hydrogens is 283 g/mol. The fourth-order valence-corrected chi connectivity index (χ4v) is 1.82. The number of benzene rings is 2. The topological polar surface area (TPSA) is 81.1 Å². The van der Waals surface area contributed by atoms with Gasteiger partial charge in [0.15, 0.2) is 0 Å². The summed E-state index contributed by atoms with van der Waals surface area (Å²) in [4.78, 5) is 11.2. The van der Waals surface area contributed by atoms with Crippen molar-refractivity contribution in [2.75, 3.05) is 11.1 Å². The van der Waals surface area contributed by atoms with Crippen LogP contribution >= 0.6 is 0 Å². The van der Waals surface area contributed by atoms with Crippen LogP contribution in [0, 0.1) is 0 Å². The molecule has 2 aromatic rings. The van der Waals surface area contributed by atoms with Crippen molar-refractivity contribution in [2.24, 2.45) is 5.73 Å². The Balaban J connectivity index is 2.35. The first-order valence-electron chi connectivity index (χ1n) is 5.91. The van der Waals surface area contributed by atoms with Crippen LogP contribution in [0.5, 0.6) is 0 Å². The monoisotopic (exact) mass is 295 g/mol. The number of nitrogens with two attached hydrogens (primary N) is 2. The Hall–Kier alpha value is -2.70. The first-order chi connectivity index (χ1) is 9.79. The van der Waals surface area contributed by atoms with Gasteiger partial charge in [-0.25, -0.2) is 0 Å². The summed E-state index contributed by atoms with van der Waals surface area (Å²) in [7, 11) is 0. The molecule has 110 valence electrons. The van der Waals surface area contributed by atoms with Crippen molar-refractivity contribution in [3.05, 3.63) is 53.6 Å². The molecular formula is C14H12F3N3O. The molecule has 0 heterocycles. The lowest BCUT2D eigenvalue weighted by molar-refractivity contribution is -0.137.